The van der Waals surface area contributed by atoms with Gasteiger partial charge < -0.3 is 19.9 Å². The average Bonchev–Trinajstić information content (AvgIpc) is 2.93. The average molecular weight is 671 g/mol. The van der Waals surface area contributed by atoms with Crippen molar-refractivity contribution in [1.29, 1.82) is 0 Å². The van der Waals surface area contributed by atoms with Crippen molar-refractivity contribution >= 4 is 10.0 Å². The van der Waals surface area contributed by atoms with Crippen LogP contribution in [0.25, 0.3) is 0 Å². The van der Waals surface area contributed by atoms with Crippen molar-refractivity contribution in [3.8, 4) is 11.5 Å². The first-order valence-electron chi connectivity index (χ1n) is 13.4. The number of aliphatic hydroxyl groups is 1. The van der Waals surface area contributed by atoms with Gasteiger partial charge >= 0.3 is 12.4 Å². The molecule has 0 saturated heterocycles. The Labute approximate surface area is 254 Å². The Balaban J connectivity index is 1.92. The van der Waals surface area contributed by atoms with Crippen LogP contribution in [0.2, 0.25) is 0 Å². The summed E-state index contributed by atoms with van der Waals surface area (Å²) in [7, 11) is -4.98. The number of hydrogen-bond donors (Lipinski definition) is 3. The molecule has 16 heteroatoms. The maximum Gasteiger partial charge on any atom is 0.422 e. The minimum Gasteiger partial charge on any atom is -0.484 e. The second-order valence-electron chi connectivity index (χ2n) is 10.00. The van der Waals surface area contributed by atoms with Crippen molar-refractivity contribution in [2.75, 3.05) is 19.8 Å². The van der Waals surface area contributed by atoms with Crippen molar-refractivity contribution in [1.82, 2.24) is 10.0 Å². The van der Waals surface area contributed by atoms with Crippen LogP contribution in [0.1, 0.15) is 23.6 Å². The van der Waals surface area contributed by atoms with Crippen molar-refractivity contribution < 1.29 is 58.1 Å². The van der Waals surface area contributed by atoms with Crippen LogP contribution >= 0.6 is 0 Å². The van der Waals surface area contributed by atoms with Gasteiger partial charge in [-0.05, 0) is 53.8 Å². The van der Waals surface area contributed by atoms with Gasteiger partial charge in [0.2, 0.25) is 10.0 Å². The molecule has 0 fully saturated rings. The van der Waals surface area contributed by atoms with Crippen LogP contribution < -0.4 is 19.5 Å². The summed E-state index contributed by atoms with van der Waals surface area (Å²) >= 11 is 0. The molecule has 0 heterocycles. The highest BCUT2D eigenvalue weighted by Crippen LogP contribution is 2.31. The van der Waals surface area contributed by atoms with Gasteiger partial charge in [0.1, 0.15) is 28.0 Å². The fraction of sp³-hybridized carbons (Fsp3) is 0.379. The zero-order valence-electron chi connectivity index (χ0n) is 23.7. The summed E-state index contributed by atoms with van der Waals surface area (Å²) in [6, 6.07) is 10.3. The third kappa shape index (κ3) is 12.1. The van der Waals surface area contributed by atoms with Crippen molar-refractivity contribution in [3.05, 3.63) is 89.0 Å². The van der Waals surface area contributed by atoms with Crippen LogP contribution in [0.5, 0.6) is 11.5 Å². The van der Waals surface area contributed by atoms with E-state index in [9.17, 15) is 48.6 Å². The molecule has 45 heavy (non-hydrogen) atoms. The summed E-state index contributed by atoms with van der Waals surface area (Å²) in [6.45, 7) is -1.82. The molecule has 0 aliphatic heterocycles. The van der Waals surface area contributed by atoms with E-state index in [0.717, 1.165) is 35.7 Å². The summed E-state index contributed by atoms with van der Waals surface area (Å²) in [5.41, 5.74) is 1.80. The molecule has 0 aliphatic carbocycles. The highest BCUT2D eigenvalue weighted by atomic mass is 32.2. The molecule has 0 spiro atoms. The molecule has 0 aliphatic rings. The lowest BCUT2D eigenvalue weighted by atomic mass is 10.0. The maximum atomic E-state index is 13.9. The van der Waals surface area contributed by atoms with Crippen LogP contribution in [-0.2, 0) is 29.4 Å². The molecule has 0 amide bonds. The van der Waals surface area contributed by atoms with Crippen LogP contribution in [0.4, 0.5) is 35.1 Å². The molecule has 2 atom stereocenters. The van der Waals surface area contributed by atoms with Crippen molar-refractivity contribution in [2.24, 2.45) is 0 Å². The lowest BCUT2D eigenvalue weighted by Crippen LogP contribution is -2.48. The summed E-state index contributed by atoms with van der Waals surface area (Å²) < 4.78 is 143. The SMILES string of the molecule is CCc1cccc(CNCC(O)C(Cc2cc(F)cc(F)c2)NS(=O)(=O)c2cc(OCC(F)(F)F)ccc2OCC(F)(F)F)c1. The number of halogens is 8. The number of alkyl halides is 6. The summed E-state index contributed by atoms with van der Waals surface area (Å²) in [5.74, 6) is -3.52. The van der Waals surface area contributed by atoms with E-state index in [1.54, 1.807) is 0 Å². The minimum atomic E-state index is -4.98. The van der Waals surface area contributed by atoms with Crippen LogP contribution in [0.15, 0.2) is 65.6 Å². The normalized spacial score (nSPS) is 13.8. The molecule has 248 valence electrons. The summed E-state index contributed by atoms with van der Waals surface area (Å²) in [4.78, 5) is -1.03. The van der Waals surface area contributed by atoms with Crippen LogP contribution in [0.3, 0.4) is 0 Å². The highest BCUT2D eigenvalue weighted by Gasteiger charge is 2.33. The number of sulfonamides is 1. The van der Waals surface area contributed by atoms with E-state index in [4.69, 9.17) is 0 Å². The molecule has 0 bridgehead atoms. The Morgan fingerprint density at radius 1 is 0.822 bits per heavy atom. The Morgan fingerprint density at radius 3 is 2.07 bits per heavy atom. The van der Waals surface area contributed by atoms with E-state index < -0.39 is 82.2 Å². The number of hydrogen-bond acceptors (Lipinski definition) is 6. The van der Waals surface area contributed by atoms with Gasteiger partial charge in [-0.25, -0.2) is 21.9 Å². The number of aryl methyl sites for hydroxylation is 1. The number of benzene rings is 3. The van der Waals surface area contributed by atoms with Gasteiger partial charge in [-0.3, -0.25) is 0 Å². The van der Waals surface area contributed by atoms with Gasteiger partial charge in [0.05, 0.1) is 12.1 Å². The quantitative estimate of drug-likeness (QED) is 0.186. The topological polar surface area (TPSA) is 96.9 Å². The first kappa shape index (κ1) is 36.0. The predicted octanol–water partition coefficient (Wildman–Crippen LogP) is 5.45. The Hall–Kier alpha value is -3.47. The fourth-order valence-electron chi connectivity index (χ4n) is 4.20. The van der Waals surface area contributed by atoms with Crippen LogP contribution in [0, 0.1) is 11.6 Å². The van der Waals surface area contributed by atoms with Gasteiger partial charge in [-0.2, -0.15) is 26.3 Å². The Morgan fingerprint density at radius 2 is 1.44 bits per heavy atom. The van der Waals surface area contributed by atoms with Gasteiger partial charge in [-0.1, -0.05) is 31.2 Å². The molecular formula is C29H30F8N2O5S. The smallest absolute Gasteiger partial charge is 0.422 e. The van der Waals surface area contributed by atoms with Crippen molar-refractivity contribution in [2.45, 2.75) is 55.7 Å². The molecule has 0 radical (unpaired) electrons. The molecule has 3 aromatic rings. The van der Waals surface area contributed by atoms with Gasteiger partial charge in [0.25, 0.3) is 0 Å². The molecule has 0 aromatic heterocycles. The molecule has 0 saturated carbocycles. The monoisotopic (exact) mass is 670 g/mol. The van der Waals surface area contributed by atoms with E-state index in [-0.39, 0.29) is 18.7 Å². The fourth-order valence-corrected chi connectivity index (χ4v) is 5.63. The first-order valence-corrected chi connectivity index (χ1v) is 14.9. The molecule has 7 nitrogen and oxygen atoms in total. The number of ether oxygens (including phenoxy) is 2. The second kappa shape index (κ2) is 15.2. The van der Waals surface area contributed by atoms with E-state index in [2.05, 4.69) is 19.5 Å². The lowest BCUT2D eigenvalue weighted by molar-refractivity contribution is -0.154. The van der Waals surface area contributed by atoms with E-state index in [1.165, 1.54) is 0 Å². The Bertz CT molecular complexity index is 1510. The van der Waals surface area contributed by atoms with E-state index >= 15 is 0 Å². The molecule has 3 N–H and O–H groups in total. The Kier molecular flexibility index (Phi) is 12.2. The molecule has 2 unspecified atom stereocenters. The van der Waals surface area contributed by atoms with Gasteiger partial charge in [0.15, 0.2) is 13.2 Å². The highest BCUT2D eigenvalue weighted by molar-refractivity contribution is 7.89. The number of nitrogens with one attached hydrogen (secondary N) is 2. The second-order valence-corrected chi connectivity index (χ2v) is 11.7. The molecule has 3 rings (SSSR count). The number of aliphatic hydroxyl groups excluding tert-OH is 1. The van der Waals surface area contributed by atoms with E-state index in [0.29, 0.717) is 18.2 Å². The molecular weight excluding hydrogens is 640 g/mol. The summed E-state index contributed by atoms with van der Waals surface area (Å²) in [5, 5.41) is 13.9. The zero-order valence-corrected chi connectivity index (χ0v) is 24.5. The minimum absolute atomic E-state index is 0.0781. The van der Waals surface area contributed by atoms with E-state index in [1.807, 2.05) is 31.2 Å². The standard InChI is InChI=1S/C29H30F8N2O5S/c1-2-18-4-3-5-19(8-18)14-38-15-25(40)24(11-20-9-21(30)12-22(31)10-20)39-45(41,42)27-13-23(43-16-28(32,33)34)6-7-26(27)44-17-29(35,36)37/h3-10,12-13,24-25,38-40H,2,11,14-17H2,1H3. The lowest BCUT2D eigenvalue weighted by Gasteiger charge is -2.25. The van der Waals surface area contributed by atoms with Crippen molar-refractivity contribution in [3.63, 3.8) is 0 Å². The first-order chi connectivity index (χ1) is 20.9. The van der Waals surface area contributed by atoms with Crippen LogP contribution in [-0.4, -0.2) is 57.8 Å². The third-order valence-electron chi connectivity index (χ3n) is 6.23. The maximum absolute atomic E-state index is 13.9. The van der Waals surface area contributed by atoms with Gasteiger partial charge in [-0.15, -0.1) is 0 Å². The number of rotatable bonds is 15. The predicted molar refractivity (Wildman–Crippen MR) is 147 cm³/mol. The third-order valence-corrected chi connectivity index (χ3v) is 7.74. The summed E-state index contributed by atoms with van der Waals surface area (Å²) in [6.07, 6.45) is -11.0. The van der Waals surface area contributed by atoms with Gasteiger partial charge in [0, 0.05) is 25.2 Å². The zero-order chi connectivity index (χ0) is 33.4. The largest absolute Gasteiger partial charge is 0.484 e. The molecule has 3 aromatic carbocycles.